The topological polar surface area (TPSA) is 50.0 Å². The van der Waals surface area contributed by atoms with Gasteiger partial charge in [0.05, 0.1) is 11.2 Å². The molecular weight excluding hydrogens is 200 g/mol. The summed E-state index contributed by atoms with van der Waals surface area (Å²) in [7, 11) is 0. The van der Waals surface area contributed by atoms with Crippen LogP contribution in [0.2, 0.25) is 0 Å². The van der Waals surface area contributed by atoms with Gasteiger partial charge in [0.1, 0.15) is 12.0 Å². The zero-order valence-electron chi connectivity index (χ0n) is 8.25. The Morgan fingerprint density at radius 3 is 3.06 bits per heavy atom. The number of benzene rings is 1. The van der Waals surface area contributed by atoms with Crippen molar-refractivity contribution in [3.05, 3.63) is 28.9 Å². The van der Waals surface area contributed by atoms with Crippen LogP contribution in [0.3, 0.4) is 0 Å². The van der Waals surface area contributed by atoms with Crippen LogP contribution in [-0.4, -0.2) is 17.5 Å². The number of aromatic nitrogens is 1. The lowest BCUT2D eigenvalue weighted by atomic mass is 10.1. The fraction of sp³-hybridized carbons (Fsp3) is 0. The Kier molecular flexibility index (Phi) is 1.28. The number of pyridine rings is 1. The number of hydrogen-bond acceptors (Lipinski definition) is 4. The maximum Gasteiger partial charge on any atom is 0.180 e. The molecule has 0 unspecified atom stereocenters. The van der Waals surface area contributed by atoms with E-state index in [2.05, 4.69) is 20.0 Å². The van der Waals surface area contributed by atoms with Gasteiger partial charge in [-0.05, 0) is 18.2 Å². The van der Waals surface area contributed by atoms with Gasteiger partial charge in [-0.25, -0.2) is 15.0 Å². The fourth-order valence-electron chi connectivity index (χ4n) is 2.03. The summed E-state index contributed by atoms with van der Waals surface area (Å²) in [6.45, 7) is 0. The molecule has 0 aliphatic carbocycles. The zero-order chi connectivity index (χ0) is 10.5. The van der Waals surface area contributed by atoms with Gasteiger partial charge in [-0.3, -0.25) is 4.99 Å². The van der Waals surface area contributed by atoms with E-state index in [-0.39, 0.29) is 0 Å². The third kappa shape index (κ3) is 0.883. The van der Waals surface area contributed by atoms with E-state index in [9.17, 15) is 0 Å². The molecule has 0 atom stereocenters. The summed E-state index contributed by atoms with van der Waals surface area (Å²) < 4.78 is 0. The summed E-state index contributed by atoms with van der Waals surface area (Å²) in [6.07, 6.45) is 5.34. The number of aliphatic imine (C=N–C) groups is 2. The van der Waals surface area contributed by atoms with E-state index in [1.807, 2.05) is 30.5 Å². The molecule has 1 aromatic heterocycles. The average molecular weight is 206 g/mol. The first kappa shape index (κ1) is 7.87. The molecule has 2 aromatic rings. The highest BCUT2D eigenvalue weighted by molar-refractivity contribution is 6.04. The number of hydrogen-bond donors (Lipinski definition) is 0. The van der Waals surface area contributed by atoms with Crippen LogP contribution in [-0.2, 0) is 0 Å². The van der Waals surface area contributed by atoms with Crippen LogP contribution in [0, 0.1) is 0 Å². The zero-order valence-corrected chi connectivity index (χ0v) is 8.25. The van der Waals surface area contributed by atoms with E-state index in [0.29, 0.717) is 5.49 Å². The van der Waals surface area contributed by atoms with Crippen LogP contribution in [0.25, 0.3) is 17.0 Å². The van der Waals surface area contributed by atoms with E-state index in [0.717, 1.165) is 27.5 Å². The van der Waals surface area contributed by atoms with Gasteiger partial charge in [0.2, 0.25) is 0 Å². The highest BCUT2D eigenvalue weighted by atomic mass is 15.0. The van der Waals surface area contributed by atoms with Crippen molar-refractivity contribution in [2.75, 3.05) is 0 Å². The second kappa shape index (κ2) is 2.61. The van der Waals surface area contributed by atoms with Crippen LogP contribution >= 0.6 is 0 Å². The van der Waals surface area contributed by atoms with E-state index >= 15 is 0 Å². The van der Waals surface area contributed by atoms with Crippen molar-refractivity contribution < 1.29 is 0 Å². The lowest BCUT2D eigenvalue weighted by Crippen LogP contribution is -2.06. The van der Waals surface area contributed by atoms with Crippen molar-refractivity contribution in [3.8, 4) is 0 Å². The Hall–Kier alpha value is -2.36. The molecule has 0 radical (unpaired) electrons. The van der Waals surface area contributed by atoms with Crippen LogP contribution in [0.15, 0.2) is 33.2 Å². The molecule has 0 bridgehead atoms. The maximum absolute atomic E-state index is 4.45. The Bertz CT molecular complexity index is 798. The highest BCUT2D eigenvalue weighted by Gasteiger charge is 2.09. The third-order valence-corrected chi connectivity index (χ3v) is 2.80. The van der Waals surface area contributed by atoms with Gasteiger partial charge in [0, 0.05) is 16.8 Å². The normalized spacial score (nSPS) is 14.8. The molecule has 0 amide bonds. The molecule has 2 aliphatic heterocycles. The molecule has 0 saturated carbocycles. The van der Waals surface area contributed by atoms with Crippen LogP contribution < -0.4 is 10.7 Å². The van der Waals surface area contributed by atoms with Crippen molar-refractivity contribution in [3.63, 3.8) is 0 Å². The Morgan fingerprint density at radius 1 is 1.06 bits per heavy atom. The molecule has 3 heterocycles. The molecule has 4 rings (SSSR count). The first-order chi connectivity index (χ1) is 7.92. The Balaban J connectivity index is 2.26. The summed E-state index contributed by atoms with van der Waals surface area (Å²) in [5.74, 6) is 0. The second-order valence-corrected chi connectivity index (χ2v) is 3.72. The minimum Gasteiger partial charge on any atom is -0.256 e. The molecule has 2 aliphatic rings. The third-order valence-electron chi connectivity index (χ3n) is 2.80. The number of rotatable bonds is 0. The largest absolute Gasteiger partial charge is 0.256 e. The summed E-state index contributed by atoms with van der Waals surface area (Å²) in [6, 6.07) is 6.02. The number of nitrogens with zero attached hydrogens (tertiary/aromatic N) is 4. The summed E-state index contributed by atoms with van der Waals surface area (Å²) in [4.78, 5) is 17.1. The van der Waals surface area contributed by atoms with Crippen molar-refractivity contribution >= 4 is 40.9 Å². The highest BCUT2D eigenvalue weighted by Crippen LogP contribution is 2.24. The molecule has 74 valence electrons. The standard InChI is InChI=1S/C12H6N4/c1-2-9-8(11-7(1)3-4-13-11)5-10-12(16-9)15-6-14-10/h1-6H. The van der Waals surface area contributed by atoms with Crippen LogP contribution in [0.4, 0.5) is 11.4 Å². The Labute approximate surface area is 90.4 Å². The molecule has 4 nitrogen and oxygen atoms in total. The molecule has 0 spiro atoms. The molecule has 4 heteroatoms. The summed E-state index contributed by atoms with van der Waals surface area (Å²) in [5, 5.41) is 2.17. The van der Waals surface area contributed by atoms with Gasteiger partial charge in [0.25, 0.3) is 0 Å². The first-order valence-corrected chi connectivity index (χ1v) is 5.00. The van der Waals surface area contributed by atoms with Gasteiger partial charge in [-0.1, -0.05) is 6.07 Å². The lowest BCUT2D eigenvalue weighted by molar-refractivity contribution is 1.24. The van der Waals surface area contributed by atoms with Crippen molar-refractivity contribution in [1.29, 1.82) is 0 Å². The Morgan fingerprint density at radius 2 is 2.06 bits per heavy atom. The van der Waals surface area contributed by atoms with E-state index in [4.69, 9.17) is 0 Å². The molecule has 0 N–H and O–H groups in total. The van der Waals surface area contributed by atoms with Crippen molar-refractivity contribution in [1.82, 2.24) is 4.98 Å². The minimum atomic E-state index is 0.693. The predicted octanol–water partition coefficient (Wildman–Crippen LogP) is 1.02. The van der Waals surface area contributed by atoms with E-state index in [1.54, 1.807) is 0 Å². The second-order valence-electron chi connectivity index (χ2n) is 3.72. The molecule has 16 heavy (non-hydrogen) atoms. The minimum absolute atomic E-state index is 0.693. The van der Waals surface area contributed by atoms with Gasteiger partial charge in [-0.2, -0.15) is 0 Å². The lowest BCUT2D eigenvalue weighted by Gasteiger charge is -2.00. The quantitative estimate of drug-likeness (QED) is 0.635. The van der Waals surface area contributed by atoms with Gasteiger partial charge >= 0.3 is 0 Å². The number of fused-ring (bicyclic) bond motifs is 4. The molecule has 0 fully saturated rings. The van der Waals surface area contributed by atoms with Gasteiger partial charge < -0.3 is 0 Å². The summed E-state index contributed by atoms with van der Waals surface area (Å²) in [5.41, 5.74) is 3.41. The van der Waals surface area contributed by atoms with Crippen molar-refractivity contribution in [2.24, 2.45) is 15.0 Å². The first-order valence-electron chi connectivity index (χ1n) is 5.00. The SMILES string of the molecule is C1=Nc2cc3c4c(ccc3nc2=N1)=CC=N4. The molecule has 0 saturated heterocycles. The van der Waals surface area contributed by atoms with Crippen molar-refractivity contribution in [2.45, 2.75) is 0 Å². The predicted molar refractivity (Wildman–Crippen MR) is 63.3 cm³/mol. The van der Waals surface area contributed by atoms with Crippen LogP contribution in [0.1, 0.15) is 0 Å². The smallest absolute Gasteiger partial charge is 0.180 e. The maximum atomic E-state index is 4.45. The van der Waals surface area contributed by atoms with Gasteiger partial charge in [-0.15, -0.1) is 0 Å². The molecular formula is C12H6N4. The molecule has 1 aromatic carbocycles. The van der Waals surface area contributed by atoms with Crippen LogP contribution in [0.5, 0.6) is 0 Å². The van der Waals surface area contributed by atoms with E-state index < -0.39 is 0 Å². The summed E-state index contributed by atoms with van der Waals surface area (Å²) >= 11 is 0. The van der Waals surface area contributed by atoms with Gasteiger partial charge in [0.15, 0.2) is 5.49 Å². The fourth-order valence-corrected chi connectivity index (χ4v) is 2.03. The average Bonchev–Trinajstić information content (AvgIpc) is 2.94. The van der Waals surface area contributed by atoms with E-state index in [1.165, 1.54) is 6.34 Å². The monoisotopic (exact) mass is 206 g/mol.